The van der Waals surface area contributed by atoms with Crippen molar-refractivity contribution in [2.24, 2.45) is 0 Å². The molecule has 0 amide bonds. The highest BCUT2D eigenvalue weighted by atomic mass is 32.1. The van der Waals surface area contributed by atoms with Gasteiger partial charge in [0.1, 0.15) is 0 Å². The van der Waals surface area contributed by atoms with Crippen LogP contribution in [0.3, 0.4) is 0 Å². The fourth-order valence-electron chi connectivity index (χ4n) is 2.36. The van der Waals surface area contributed by atoms with Gasteiger partial charge in [0.15, 0.2) is 0 Å². The number of nitrogens with zero attached hydrogens (tertiary/aromatic N) is 1. The second-order valence-electron chi connectivity index (χ2n) is 4.43. The molecule has 1 aromatic carbocycles. The zero-order valence-corrected chi connectivity index (χ0v) is 11.6. The normalized spacial score (nSPS) is 15.0. The van der Waals surface area contributed by atoms with Gasteiger partial charge in [0, 0.05) is 22.2 Å². The van der Waals surface area contributed by atoms with Gasteiger partial charge in [-0.1, -0.05) is 39.0 Å². The summed E-state index contributed by atoms with van der Waals surface area (Å²) in [7, 11) is 0. The zero-order valence-electron chi connectivity index (χ0n) is 10.7. The van der Waals surface area contributed by atoms with Crippen LogP contribution in [0.4, 0.5) is 0 Å². The third-order valence-electron chi connectivity index (χ3n) is 3.34. The number of aromatic nitrogens is 1. The van der Waals surface area contributed by atoms with Crippen molar-refractivity contribution in [1.29, 1.82) is 0 Å². The lowest BCUT2D eigenvalue weighted by atomic mass is 9.95. The van der Waals surface area contributed by atoms with E-state index in [4.69, 9.17) is 0 Å². The topological polar surface area (TPSA) is 24.9 Å². The second-order valence-corrected chi connectivity index (χ2v) is 5.23. The standard InChI is InChI=1S/C14H20N2S/c1-4-12(15-5-2)10(3)14-11-8-6-7-9-13(11)16-17-14/h6-10,12,15H,4-5H2,1-3H3. The number of likely N-dealkylation sites (N-methyl/N-ethyl adjacent to an activating group) is 1. The van der Waals surface area contributed by atoms with Crippen molar-refractivity contribution in [3.8, 4) is 0 Å². The summed E-state index contributed by atoms with van der Waals surface area (Å²) in [5, 5.41) is 4.88. The fourth-order valence-corrected chi connectivity index (χ4v) is 3.31. The first-order valence-electron chi connectivity index (χ1n) is 6.35. The Balaban J connectivity index is 2.32. The Labute approximate surface area is 107 Å². The van der Waals surface area contributed by atoms with E-state index in [1.807, 2.05) is 0 Å². The molecule has 0 fully saturated rings. The predicted octanol–water partition coefficient (Wildman–Crippen LogP) is 3.79. The summed E-state index contributed by atoms with van der Waals surface area (Å²) in [5.41, 5.74) is 1.13. The van der Waals surface area contributed by atoms with E-state index >= 15 is 0 Å². The van der Waals surface area contributed by atoms with Crippen LogP contribution < -0.4 is 5.32 Å². The van der Waals surface area contributed by atoms with Crippen molar-refractivity contribution >= 4 is 22.4 Å². The third-order valence-corrected chi connectivity index (χ3v) is 4.41. The smallest absolute Gasteiger partial charge is 0.0843 e. The molecule has 2 rings (SSSR count). The van der Waals surface area contributed by atoms with Gasteiger partial charge in [-0.15, -0.1) is 0 Å². The van der Waals surface area contributed by atoms with Gasteiger partial charge in [-0.3, -0.25) is 0 Å². The largest absolute Gasteiger partial charge is 0.314 e. The molecule has 0 radical (unpaired) electrons. The molecule has 1 N–H and O–H groups in total. The maximum absolute atomic E-state index is 4.53. The lowest BCUT2D eigenvalue weighted by molar-refractivity contribution is 0.454. The van der Waals surface area contributed by atoms with Gasteiger partial charge in [0.25, 0.3) is 0 Å². The summed E-state index contributed by atoms with van der Waals surface area (Å²) >= 11 is 1.65. The van der Waals surface area contributed by atoms with Gasteiger partial charge >= 0.3 is 0 Å². The average Bonchev–Trinajstić information content (AvgIpc) is 2.79. The first kappa shape index (κ1) is 12.5. The van der Waals surface area contributed by atoms with Crippen LogP contribution in [0.2, 0.25) is 0 Å². The quantitative estimate of drug-likeness (QED) is 0.871. The van der Waals surface area contributed by atoms with Gasteiger partial charge in [-0.2, -0.15) is 4.37 Å². The highest BCUT2D eigenvalue weighted by Crippen LogP contribution is 2.31. The van der Waals surface area contributed by atoms with Gasteiger partial charge < -0.3 is 5.32 Å². The molecule has 2 nitrogen and oxygen atoms in total. The minimum atomic E-state index is 0.525. The highest BCUT2D eigenvalue weighted by Gasteiger charge is 2.20. The van der Waals surface area contributed by atoms with E-state index in [9.17, 15) is 0 Å². The highest BCUT2D eigenvalue weighted by molar-refractivity contribution is 7.07. The lowest BCUT2D eigenvalue weighted by Crippen LogP contribution is -2.32. The summed E-state index contributed by atoms with van der Waals surface area (Å²) in [6.07, 6.45) is 1.15. The molecule has 0 aliphatic heterocycles. The lowest BCUT2D eigenvalue weighted by Gasteiger charge is -2.22. The van der Waals surface area contributed by atoms with Crippen molar-refractivity contribution < 1.29 is 0 Å². The molecule has 1 heterocycles. The Morgan fingerprint density at radius 2 is 2.06 bits per heavy atom. The van der Waals surface area contributed by atoms with Crippen molar-refractivity contribution in [1.82, 2.24) is 9.69 Å². The molecule has 0 aliphatic carbocycles. The SMILES string of the molecule is CCNC(CC)C(C)c1snc2ccccc12. The van der Waals surface area contributed by atoms with Gasteiger partial charge in [0.05, 0.1) is 5.52 Å². The van der Waals surface area contributed by atoms with Crippen LogP contribution in [0.15, 0.2) is 24.3 Å². The van der Waals surface area contributed by atoms with Crippen molar-refractivity contribution in [2.45, 2.75) is 39.2 Å². The summed E-state index contributed by atoms with van der Waals surface area (Å²) in [6, 6.07) is 8.97. The Bertz CT molecular complexity index is 478. The molecule has 2 atom stereocenters. The van der Waals surface area contributed by atoms with E-state index in [2.05, 4.69) is 54.7 Å². The first-order valence-corrected chi connectivity index (χ1v) is 7.13. The monoisotopic (exact) mass is 248 g/mol. The second kappa shape index (κ2) is 5.61. The Morgan fingerprint density at radius 1 is 1.29 bits per heavy atom. The molecule has 92 valence electrons. The molecule has 2 unspecified atom stereocenters. The fraction of sp³-hybridized carbons (Fsp3) is 0.500. The van der Waals surface area contributed by atoms with Crippen LogP contribution in [0.25, 0.3) is 10.9 Å². The van der Waals surface area contributed by atoms with Gasteiger partial charge in [-0.05, 0) is 30.6 Å². The van der Waals surface area contributed by atoms with Crippen molar-refractivity contribution in [2.75, 3.05) is 6.54 Å². The summed E-state index contributed by atoms with van der Waals surface area (Å²) in [4.78, 5) is 1.41. The van der Waals surface area contributed by atoms with Crippen molar-refractivity contribution in [3.63, 3.8) is 0 Å². The van der Waals surface area contributed by atoms with E-state index in [0.29, 0.717) is 12.0 Å². The van der Waals surface area contributed by atoms with E-state index in [-0.39, 0.29) is 0 Å². The van der Waals surface area contributed by atoms with E-state index < -0.39 is 0 Å². The molecule has 0 spiro atoms. The molecule has 17 heavy (non-hydrogen) atoms. The summed E-state index contributed by atoms with van der Waals surface area (Å²) < 4.78 is 4.53. The number of rotatable bonds is 5. The molecular weight excluding hydrogens is 228 g/mol. The minimum absolute atomic E-state index is 0.525. The molecule has 0 bridgehead atoms. The first-order chi connectivity index (χ1) is 8.27. The van der Waals surface area contributed by atoms with E-state index in [1.54, 1.807) is 11.5 Å². The molecule has 0 saturated heterocycles. The van der Waals surface area contributed by atoms with Crippen LogP contribution in [-0.4, -0.2) is 17.0 Å². The van der Waals surface area contributed by atoms with Crippen LogP contribution in [0, 0.1) is 0 Å². The molecule has 3 heteroatoms. The predicted molar refractivity (Wildman–Crippen MR) is 75.8 cm³/mol. The Hall–Kier alpha value is -0.930. The average molecular weight is 248 g/mol. The number of hydrogen-bond acceptors (Lipinski definition) is 3. The number of nitrogens with one attached hydrogen (secondary N) is 1. The van der Waals surface area contributed by atoms with E-state index in [1.165, 1.54) is 10.3 Å². The Morgan fingerprint density at radius 3 is 2.76 bits per heavy atom. The van der Waals surface area contributed by atoms with E-state index in [0.717, 1.165) is 18.5 Å². The van der Waals surface area contributed by atoms with Crippen LogP contribution in [0.1, 0.15) is 38.0 Å². The Kier molecular flexibility index (Phi) is 4.13. The van der Waals surface area contributed by atoms with Gasteiger partial charge in [-0.25, -0.2) is 0 Å². The van der Waals surface area contributed by atoms with Crippen LogP contribution in [-0.2, 0) is 0 Å². The zero-order chi connectivity index (χ0) is 12.3. The summed E-state index contributed by atoms with van der Waals surface area (Å²) in [6.45, 7) is 7.74. The number of benzene rings is 1. The minimum Gasteiger partial charge on any atom is -0.314 e. The van der Waals surface area contributed by atoms with Gasteiger partial charge in [0.2, 0.25) is 0 Å². The maximum atomic E-state index is 4.53. The third kappa shape index (κ3) is 2.50. The number of hydrogen-bond donors (Lipinski definition) is 1. The molecular formula is C14H20N2S. The molecule has 0 saturated carbocycles. The molecule has 1 aromatic heterocycles. The van der Waals surface area contributed by atoms with Crippen LogP contribution >= 0.6 is 11.5 Å². The number of fused-ring (bicyclic) bond motifs is 1. The van der Waals surface area contributed by atoms with Crippen molar-refractivity contribution in [3.05, 3.63) is 29.1 Å². The molecule has 2 aromatic rings. The molecule has 0 aliphatic rings. The summed E-state index contributed by atoms with van der Waals surface area (Å²) in [5.74, 6) is 0.525. The maximum Gasteiger partial charge on any atom is 0.0843 e. The van der Waals surface area contributed by atoms with Crippen LogP contribution in [0.5, 0.6) is 0 Å².